The predicted octanol–water partition coefficient (Wildman–Crippen LogP) is 4.47. The number of rotatable bonds is 7. The molecule has 0 spiro atoms. The Kier molecular flexibility index (Phi) is 7.49. The van der Waals surface area contributed by atoms with Crippen LogP contribution in [0.15, 0.2) is 35.4 Å². The van der Waals surface area contributed by atoms with Crippen molar-refractivity contribution in [1.29, 1.82) is 0 Å². The summed E-state index contributed by atoms with van der Waals surface area (Å²) in [4.78, 5) is 0. The van der Waals surface area contributed by atoms with Gasteiger partial charge in [-0.2, -0.15) is 0 Å². The Balaban J connectivity index is 1.88. The van der Waals surface area contributed by atoms with Crippen LogP contribution in [-0.4, -0.2) is 35.6 Å². The van der Waals surface area contributed by atoms with Crippen LogP contribution in [0.4, 0.5) is 4.39 Å². The second-order valence-corrected chi connectivity index (χ2v) is 8.22. The van der Waals surface area contributed by atoms with Crippen molar-refractivity contribution in [3.8, 4) is 0 Å². The summed E-state index contributed by atoms with van der Waals surface area (Å²) in [6, 6.07) is 4.29. The van der Waals surface area contributed by atoms with Crippen LogP contribution >= 0.6 is 0 Å². The zero-order valence-corrected chi connectivity index (χ0v) is 17.7. The van der Waals surface area contributed by atoms with Crippen molar-refractivity contribution in [2.45, 2.75) is 77.6 Å². The molecule has 1 heterocycles. The molecule has 5 heteroatoms. The Hall–Kier alpha value is -1.69. The number of aliphatic hydroxyl groups is 2. The Morgan fingerprint density at radius 3 is 2.79 bits per heavy atom. The number of ether oxygens (including phenoxy) is 2. The Morgan fingerprint density at radius 2 is 2.07 bits per heavy atom. The predicted molar refractivity (Wildman–Crippen MR) is 111 cm³/mol. The summed E-state index contributed by atoms with van der Waals surface area (Å²) in [6.07, 6.45) is 5.05. The van der Waals surface area contributed by atoms with Crippen molar-refractivity contribution < 1.29 is 24.1 Å². The first-order valence-electron chi connectivity index (χ1n) is 10.7. The molecule has 1 aromatic rings. The van der Waals surface area contributed by atoms with Gasteiger partial charge in [0, 0.05) is 18.9 Å². The summed E-state index contributed by atoms with van der Waals surface area (Å²) in [5.41, 5.74) is 5.45. The van der Waals surface area contributed by atoms with Gasteiger partial charge in [-0.25, -0.2) is 4.39 Å². The van der Waals surface area contributed by atoms with Gasteiger partial charge in [0.05, 0.1) is 37.3 Å². The van der Waals surface area contributed by atoms with Gasteiger partial charge in [0.15, 0.2) is 0 Å². The molecule has 2 aliphatic rings. The van der Waals surface area contributed by atoms with E-state index in [1.807, 2.05) is 13.8 Å². The summed E-state index contributed by atoms with van der Waals surface area (Å²) in [7, 11) is 0. The third-order valence-corrected chi connectivity index (χ3v) is 5.85. The van der Waals surface area contributed by atoms with Crippen molar-refractivity contribution in [1.82, 2.24) is 0 Å². The molecule has 0 amide bonds. The molecular formula is C24H33FO4. The molecule has 0 radical (unpaired) electrons. The second kappa shape index (κ2) is 9.88. The average molecular weight is 405 g/mol. The molecule has 160 valence electrons. The molecule has 29 heavy (non-hydrogen) atoms. The molecule has 3 atom stereocenters. The number of hydrogen-bond donors (Lipinski definition) is 2. The van der Waals surface area contributed by atoms with E-state index in [1.54, 1.807) is 6.92 Å². The van der Waals surface area contributed by atoms with Gasteiger partial charge in [-0.1, -0.05) is 12.1 Å². The average Bonchev–Trinajstić information content (AvgIpc) is 3.16. The zero-order chi connectivity index (χ0) is 21.0. The number of aliphatic hydroxyl groups excluding tert-OH is 2. The molecule has 1 aliphatic carbocycles. The van der Waals surface area contributed by atoms with Crippen LogP contribution in [-0.2, 0) is 28.7 Å². The van der Waals surface area contributed by atoms with Gasteiger partial charge in [-0.15, -0.1) is 0 Å². The Labute approximate surface area is 173 Å². The van der Waals surface area contributed by atoms with Crippen LogP contribution in [0, 0.1) is 0 Å². The topological polar surface area (TPSA) is 58.9 Å². The number of aryl methyl sites for hydroxylation is 1. The van der Waals surface area contributed by atoms with Crippen LogP contribution in [0.5, 0.6) is 0 Å². The van der Waals surface area contributed by atoms with Gasteiger partial charge in [0.2, 0.25) is 0 Å². The Morgan fingerprint density at radius 1 is 1.28 bits per heavy atom. The summed E-state index contributed by atoms with van der Waals surface area (Å²) in [5.74, 6) is 0.320. The lowest BCUT2D eigenvalue weighted by atomic mass is 9.90. The molecule has 2 N–H and O–H groups in total. The van der Waals surface area contributed by atoms with Gasteiger partial charge >= 0.3 is 0 Å². The second-order valence-electron chi connectivity index (χ2n) is 8.22. The number of allylic oxidation sites excluding steroid dienone is 4. The smallest absolute Gasteiger partial charge is 0.125 e. The first kappa shape index (κ1) is 22.0. The summed E-state index contributed by atoms with van der Waals surface area (Å²) in [6.45, 7) is 5.89. The van der Waals surface area contributed by atoms with Crippen LogP contribution in [0.25, 0.3) is 0 Å². The molecule has 1 aromatic carbocycles. The van der Waals surface area contributed by atoms with Crippen LogP contribution < -0.4 is 0 Å². The normalized spacial score (nSPS) is 25.6. The molecular weight excluding hydrogens is 371 g/mol. The quantitative estimate of drug-likeness (QED) is 0.520. The van der Waals surface area contributed by atoms with E-state index in [-0.39, 0.29) is 24.6 Å². The third-order valence-electron chi connectivity index (χ3n) is 5.85. The number of benzene rings is 1. The highest BCUT2D eigenvalue weighted by Crippen LogP contribution is 2.36. The highest BCUT2D eigenvalue weighted by Gasteiger charge is 2.30. The van der Waals surface area contributed by atoms with E-state index >= 15 is 0 Å². The van der Waals surface area contributed by atoms with Crippen molar-refractivity contribution in [3.05, 3.63) is 57.6 Å². The first-order chi connectivity index (χ1) is 13.9. The summed E-state index contributed by atoms with van der Waals surface area (Å²) < 4.78 is 26.0. The minimum absolute atomic E-state index is 0.0933. The molecule has 4 nitrogen and oxygen atoms in total. The molecule has 1 saturated heterocycles. The largest absolute Gasteiger partial charge is 0.498 e. The minimum Gasteiger partial charge on any atom is -0.498 e. The van der Waals surface area contributed by atoms with Crippen LogP contribution in [0.3, 0.4) is 0 Å². The number of halogens is 1. The highest BCUT2D eigenvalue weighted by molar-refractivity contribution is 5.45. The molecule has 3 rings (SSSR count). The third kappa shape index (κ3) is 5.47. The van der Waals surface area contributed by atoms with Gasteiger partial charge in [-0.05, 0) is 74.3 Å². The van der Waals surface area contributed by atoms with Gasteiger partial charge in [0.25, 0.3) is 0 Å². The zero-order valence-electron chi connectivity index (χ0n) is 17.7. The number of fused-ring (bicyclic) bond motifs is 1. The van der Waals surface area contributed by atoms with E-state index in [1.165, 1.54) is 17.2 Å². The van der Waals surface area contributed by atoms with E-state index in [2.05, 4.69) is 12.1 Å². The fourth-order valence-electron chi connectivity index (χ4n) is 4.43. The van der Waals surface area contributed by atoms with Crippen molar-refractivity contribution in [3.63, 3.8) is 0 Å². The lowest BCUT2D eigenvalue weighted by Gasteiger charge is -2.33. The molecule has 0 saturated carbocycles. The van der Waals surface area contributed by atoms with Crippen molar-refractivity contribution >= 4 is 0 Å². The maximum Gasteiger partial charge on any atom is 0.125 e. The molecule has 0 aromatic heterocycles. The van der Waals surface area contributed by atoms with Crippen molar-refractivity contribution in [2.75, 3.05) is 13.2 Å². The minimum atomic E-state index is -0.478. The lowest BCUT2D eigenvalue weighted by molar-refractivity contribution is -0.113. The highest BCUT2D eigenvalue weighted by atomic mass is 19.1. The van der Waals surface area contributed by atoms with E-state index < -0.39 is 6.10 Å². The molecule has 1 fully saturated rings. The van der Waals surface area contributed by atoms with E-state index in [4.69, 9.17) is 9.47 Å². The van der Waals surface area contributed by atoms with Crippen molar-refractivity contribution in [2.24, 2.45) is 0 Å². The first-order valence-corrected chi connectivity index (χ1v) is 10.7. The molecule has 1 aliphatic heterocycles. The maximum atomic E-state index is 14.6. The molecule has 0 bridgehead atoms. The van der Waals surface area contributed by atoms with Gasteiger partial charge < -0.3 is 19.7 Å². The van der Waals surface area contributed by atoms with Crippen LogP contribution in [0.2, 0.25) is 0 Å². The molecule has 3 unspecified atom stereocenters. The van der Waals surface area contributed by atoms with E-state index in [0.29, 0.717) is 37.2 Å². The monoisotopic (exact) mass is 404 g/mol. The Bertz CT molecular complexity index is 783. The van der Waals surface area contributed by atoms with E-state index in [9.17, 15) is 14.6 Å². The van der Waals surface area contributed by atoms with Crippen LogP contribution in [0.1, 0.15) is 68.4 Å². The fraction of sp³-hybridized carbons (Fsp3) is 0.583. The SMILES string of the molecule is CCOC(C)=CC(F)=C(C)Cc1cc(C2CC(O)CC(CO)O2)cc2c1CCC2. The number of hydrogen-bond acceptors (Lipinski definition) is 4. The van der Waals surface area contributed by atoms with Gasteiger partial charge in [-0.3, -0.25) is 0 Å². The van der Waals surface area contributed by atoms with E-state index in [0.717, 1.165) is 30.4 Å². The van der Waals surface area contributed by atoms with Gasteiger partial charge in [0.1, 0.15) is 5.83 Å². The maximum absolute atomic E-state index is 14.6. The summed E-state index contributed by atoms with van der Waals surface area (Å²) >= 11 is 0. The summed E-state index contributed by atoms with van der Waals surface area (Å²) in [5, 5.41) is 19.7. The lowest BCUT2D eigenvalue weighted by Crippen LogP contribution is -2.33. The fourth-order valence-corrected chi connectivity index (χ4v) is 4.43. The standard InChI is InChI=1S/C24H33FO4/c1-4-28-16(3)9-23(25)15(2)8-18-11-19(10-17-6-5-7-22(17)18)24-13-20(27)12-21(14-26)29-24/h9-11,20-21,24,26-27H,4-8,12-14H2,1-3H3.